The molecule has 102 heavy (non-hydrogen) atoms. The minimum absolute atomic E-state index is 0.250. The number of amides is 1. The molecule has 17 unspecified atom stereocenters. The van der Waals surface area contributed by atoms with Gasteiger partial charge in [-0.05, 0) is 19.3 Å². The van der Waals surface area contributed by atoms with Gasteiger partial charge in [0.25, 0.3) is 0 Å². The van der Waals surface area contributed by atoms with Gasteiger partial charge in [0.2, 0.25) is 5.91 Å². The zero-order valence-corrected chi connectivity index (χ0v) is 64.9. The van der Waals surface area contributed by atoms with Crippen molar-refractivity contribution in [1.82, 2.24) is 5.32 Å². The van der Waals surface area contributed by atoms with Crippen molar-refractivity contribution in [1.29, 1.82) is 0 Å². The molecule has 19 heteroatoms. The quantitative estimate of drug-likeness (QED) is 0.0199. The van der Waals surface area contributed by atoms with Crippen LogP contribution in [0.25, 0.3) is 0 Å². The summed E-state index contributed by atoms with van der Waals surface area (Å²) in [7, 11) is 0. The highest BCUT2D eigenvalue weighted by molar-refractivity contribution is 5.76. The van der Waals surface area contributed by atoms with Crippen molar-refractivity contribution in [3.05, 3.63) is 12.2 Å². The molecule has 0 aromatic rings. The van der Waals surface area contributed by atoms with Gasteiger partial charge in [-0.3, -0.25) is 4.79 Å². The van der Waals surface area contributed by atoms with Gasteiger partial charge in [0, 0.05) is 6.42 Å². The van der Waals surface area contributed by atoms with Crippen molar-refractivity contribution < 1.29 is 89.4 Å². The fourth-order valence-electron chi connectivity index (χ4n) is 15.0. The van der Waals surface area contributed by atoms with Crippen molar-refractivity contribution in [2.75, 3.05) is 26.4 Å². The first-order valence-electron chi connectivity index (χ1n) is 42.9. The number of aliphatic hydroxyl groups excluding tert-OH is 11. The SMILES string of the molecule is CCCCCCCCCCCCCCCCCCCCCCCCCCCCCCCC/C=C/C(O)C(COC1OC(CO)C(OC2OC(CO)C(OC3OC(CO)C(O)C(O)C3O)C(O)C2O)C(O)C1O)NC(=O)CCCCCCCCCCCCCCCCCCCCCCCCCCC. The van der Waals surface area contributed by atoms with E-state index in [4.69, 9.17) is 28.4 Å². The number of allylic oxidation sites excluding steroid dienone is 1. The molecule has 0 saturated carbocycles. The maximum absolute atomic E-state index is 13.5. The van der Waals surface area contributed by atoms with Crippen molar-refractivity contribution in [3.63, 3.8) is 0 Å². The van der Waals surface area contributed by atoms with E-state index in [2.05, 4.69) is 19.2 Å². The molecule has 0 bridgehead atoms. The minimum atomic E-state index is -1.98. The number of ether oxygens (including phenoxy) is 6. The monoisotopic (exact) mass is 1460 g/mol. The zero-order valence-electron chi connectivity index (χ0n) is 64.9. The lowest BCUT2D eigenvalue weighted by molar-refractivity contribution is -0.379. The average molecular weight is 1460 g/mol. The number of unbranched alkanes of at least 4 members (excludes halogenated alkanes) is 54. The highest BCUT2D eigenvalue weighted by Crippen LogP contribution is 2.34. The van der Waals surface area contributed by atoms with Crippen LogP contribution in [0.3, 0.4) is 0 Å². The summed E-state index contributed by atoms with van der Waals surface area (Å²) in [4.78, 5) is 13.5. The van der Waals surface area contributed by atoms with Gasteiger partial charge in [0.15, 0.2) is 18.9 Å². The van der Waals surface area contributed by atoms with Gasteiger partial charge in [0.05, 0.1) is 38.6 Å². The molecule has 3 heterocycles. The smallest absolute Gasteiger partial charge is 0.220 e. The fourth-order valence-corrected chi connectivity index (χ4v) is 15.0. The van der Waals surface area contributed by atoms with Crippen molar-refractivity contribution >= 4 is 5.91 Å². The molecule has 0 radical (unpaired) electrons. The molecule has 17 atom stereocenters. The Morgan fingerprint density at radius 3 is 0.922 bits per heavy atom. The van der Waals surface area contributed by atoms with E-state index in [0.717, 1.165) is 44.9 Å². The standard InChI is InChI=1S/C83H159NO18/c1-3-5-7-9-11-13-15-17-19-21-23-25-27-29-30-31-32-33-34-35-37-38-40-42-44-46-48-50-52-54-56-58-60-67(88)66(84-71(89)61-59-57-55-53-51-49-47-45-43-41-39-36-28-26-24-22-20-18-16-14-12-10-8-6-4-2)65-97-81-77(95)74(92)79(69(63-86)99-81)102-83-78(96)75(93)80(70(64-87)100-83)101-82-76(94)73(91)72(90)68(62-85)98-82/h58,60,66-70,72-83,85-88,90-96H,3-57,59,61-65H2,1-2H3,(H,84,89)/b60-58+. The summed E-state index contributed by atoms with van der Waals surface area (Å²) in [5.74, 6) is -0.266. The lowest BCUT2D eigenvalue weighted by Crippen LogP contribution is -2.66. The van der Waals surface area contributed by atoms with Crippen LogP contribution in [-0.2, 0) is 33.2 Å². The summed E-state index contributed by atoms with van der Waals surface area (Å²) in [6.45, 7) is 1.81. The van der Waals surface area contributed by atoms with E-state index in [9.17, 15) is 61.0 Å². The number of carbonyl (C=O) groups excluding carboxylic acids is 1. The van der Waals surface area contributed by atoms with E-state index in [1.54, 1.807) is 6.08 Å². The topological polar surface area (TPSA) is 307 Å². The second-order valence-corrected chi connectivity index (χ2v) is 31.0. The summed E-state index contributed by atoms with van der Waals surface area (Å²) in [6.07, 6.45) is 50.7. The van der Waals surface area contributed by atoms with Gasteiger partial charge in [-0.25, -0.2) is 0 Å². The van der Waals surface area contributed by atoms with Crippen molar-refractivity contribution in [2.24, 2.45) is 0 Å². The largest absolute Gasteiger partial charge is 0.394 e. The van der Waals surface area contributed by atoms with Crippen LogP contribution in [0.5, 0.6) is 0 Å². The van der Waals surface area contributed by atoms with Crippen molar-refractivity contribution in [3.8, 4) is 0 Å². The Bertz CT molecular complexity index is 1890. The molecule has 0 aliphatic carbocycles. The average Bonchev–Trinajstić information content (AvgIpc) is 0.778. The molecular formula is C83H159NO18. The van der Waals surface area contributed by atoms with E-state index in [-0.39, 0.29) is 18.9 Å². The van der Waals surface area contributed by atoms with Gasteiger partial charge < -0.3 is 89.9 Å². The first kappa shape index (κ1) is 94.7. The summed E-state index contributed by atoms with van der Waals surface area (Å²) < 4.78 is 34.5. The van der Waals surface area contributed by atoms with Gasteiger partial charge in [-0.2, -0.15) is 0 Å². The Kier molecular flexibility index (Phi) is 59.8. The maximum atomic E-state index is 13.5. The van der Waals surface area contributed by atoms with Gasteiger partial charge >= 0.3 is 0 Å². The Morgan fingerprint density at radius 1 is 0.343 bits per heavy atom. The summed E-state index contributed by atoms with van der Waals surface area (Å²) in [6, 6.07) is -0.971. The second-order valence-electron chi connectivity index (χ2n) is 31.0. The highest BCUT2D eigenvalue weighted by atomic mass is 16.8. The van der Waals surface area contributed by atoms with Crippen molar-refractivity contribution in [2.45, 2.75) is 484 Å². The van der Waals surface area contributed by atoms with Crippen LogP contribution in [0.4, 0.5) is 0 Å². The molecule has 12 N–H and O–H groups in total. The number of aliphatic hydroxyl groups is 11. The molecule has 0 aromatic heterocycles. The fraction of sp³-hybridized carbons (Fsp3) is 0.964. The maximum Gasteiger partial charge on any atom is 0.220 e. The van der Waals surface area contributed by atoms with Crippen LogP contribution in [-0.4, -0.2) is 193 Å². The Balaban J connectivity index is 1.35. The highest BCUT2D eigenvalue weighted by Gasteiger charge is 2.54. The van der Waals surface area contributed by atoms with Crippen LogP contribution >= 0.6 is 0 Å². The summed E-state index contributed by atoms with van der Waals surface area (Å²) in [5, 5.41) is 121. The lowest BCUT2D eigenvalue weighted by Gasteiger charge is -2.48. The van der Waals surface area contributed by atoms with Crippen LogP contribution in [0.1, 0.15) is 380 Å². The van der Waals surface area contributed by atoms with Crippen LogP contribution in [0.15, 0.2) is 12.2 Å². The third-order valence-electron chi connectivity index (χ3n) is 21.8. The van der Waals surface area contributed by atoms with Crippen LogP contribution in [0, 0.1) is 0 Å². The minimum Gasteiger partial charge on any atom is -0.394 e. The molecule has 19 nitrogen and oxygen atoms in total. The molecule has 0 aromatic carbocycles. The molecule has 3 saturated heterocycles. The van der Waals surface area contributed by atoms with E-state index in [1.165, 1.54) is 308 Å². The number of hydrogen-bond acceptors (Lipinski definition) is 18. The number of nitrogens with one attached hydrogen (secondary N) is 1. The molecule has 3 rings (SSSR count). The first-order valence-corrected chi connectivity index (χ1v) is 42.9. The van der Waals surface area contributed by atoms with Crippen LogP contribution in [0.2, 0.25) is 0 Å². The Labute approximate surface area is 620 Å². The molecule has 604 valence electrons. The Morgan fingerprint density at radius 2 is 0.608 bits per heavy atom. The van der Waals surface area contributed by atoms with Gasteiger partial charge in [-0.1, -0.05) is 366 Å². The zero-order chi connectivity index (χ0) is 73.9. The molecule has 3 aliphatic rings. The molecule has 1 amide bonds. The summed E-state index contributed by atoms with van der Waals surface area (Å²) >= 11 is 0. The predicted molar refractivity (Wildman–Crippen MR) is 407 cm³/mol. The molecule has 0 spiro atoms. The molecule has 3 aliphatic heterocycles. The molecular weight excluding hydrogens is 1300 g/mol. The van der Waals surface area contributed by atoms with Gasteiger partial charge in [-0.15, -0.1) is 0 Å². The van der Waals surface area contributed by atoms with E-state index >= 15 is 0 Å². The van der Waals surface area contributed by atoms with Crippen LogP contribution < -0.4 is 5.32 Å². The van der Waals surface area contributed by atoms with E-state index in [1.807, 2.05) is 6.08 Å². The predicted octanol–water partition coefficient (Wildman–Crippen LogP) is 15.1. The Hall–Kier alpha value is -1.47. The second kappa shape index (κ2) is 64.4. The first-order chi connectivity index (χ1) is 49.8. The van der Waals surface area contributed by atoms with E-state index < -0.39 is 124 Å². The van der Waals surface area contributed by atoms with E-state index in [0.29, 0.717) is 6.42 Å². The third-order valence-corrected chi connectivity index (χ3v) is 21.8. The lowest BCUT2D eigenvalue weighted by atomic mass is 9.96. The number of rotatable bonds is 70. The summed E-state index contributed by atoms with van der Waals surface area (Å²) in [5.41, 5.74) is 0. The third kappa shape index (κ3) is 43.7. The van der Waals surface area contributed by atoms with Gasteiger partial charge in [0.1, 0.15) is 73.2 Å². The molecule has 3 fully saturated rings. The number of carbonyl (C=O) groups is 1. The number of hydrogen-bond donors (Lipinski definition) is 12. The normalized spacial score (nSPS) is 26.1.